The number of rotatable bonds is 2. The molecule has 0 saturated heterocycles. The van der Waals surface area contributed by atoms with Gasteiger partial charge in [0.25, 0.3) is 5.91 Å². The summed E-state index contributed by atoms with van der Waals surface area (Å²) in [6, 6.07) is 7.92. The third-order valence-corrected chi connectivity index (χ3v) is 4.44. The molecule has 2 heterocycles. The maximum Gasteiger partial charge on any atom is 0.300 e. The summed E-state index contributed by atoms with van der Waals surface area (Å²) in [4.78, 5) is 17.1. The number of thiazole rings is 1. The highest BCUT2D eigenvalue weighted by Gasteiger charge is 2.09. The number of nitrogens with zero attached hydrogens (tertiary/aromatic N) is 4. The van der Waals surface area contributed by atoms with Crippen molar-refractivity contribution in [2.24, 2.45) is 12.0 Å². The van der Waals surface area contributed by atoms with Crippen LogP contribution in [0.2, 0.25) is 0 Å². The maximum absolute atomic E-state index is 12.2. The Balaban J connectivity index is 2.06. The molecular weight excluding hydrogens is 284 g/mol. The molecule has 0 saturated carbocycles. The molecule has 0 spiro atoms. The zero-order chi connectivity index (χ0) is 15.0. The standard InChI is InChI=1S/C15H16N4OS/c1-4-19-8-7-11(17-19)14(20)16-15-18(3)12-6-5-10(2)9-13(12)21-15/h5-9H,4H2,1-3H3. The summed E-state index contributed by atoms with van der Waals surface area (Å²) >= 11 is 1.51. The molecule has 5 nitrogen and oxygen atoms in total. The lowest BCUT2D eigenvalue weighted by Gasteiger charge is -1.95. The van der Waals surface area contributed by atoms with Gasteiger partial charge < -0.3 is 4.57 Å². The van der Waals surface area contributed by atoms with Crippen LogP contribution < -0.4 is 4.80 Å². The Hall–Kier alpha value is -2.21. The molecular formula is C15H16N4OS. The highest BCUT2D eigenvalue weighted by molar-refractivity contribution is 7.16. The van der Waals surface area contributed by atoms with Crippen molar-refractivity contribution in [3.05, 3.63) is 46.5 Å². The lowest BCUT2D eigenvalue weighted by Crippen LogP contribution is -2.13. The first-order valence-electron chi connectivity index (χ1n) is 6.77. The van der Waals surface area contributed by atoms with E-state index in [4.69, 9.17) is 0 Å². The second-order valence-corrected chi connectivity index (χ2v) is 5.90. The van der Waals surface area contributed by atoms with E-state index in [0.29, 0.717) is 10.5 Å². The molecule has 0 unspecified atom stereocenters. The molecule has 21 heavy (non-hydrogen) atoms. The lowest BCUT2D eigenvalue weighted by atomic mass is 10.2. The summed E-state index contributed by atoms with van der Waals surface area (Å²) in [6.45, 7) is 4.77. The van der Waals surface area contributed by atoms with Gasteiger partial charge in [-0.1, -0.05) is 17.4 Å². The summed E-state index contributed by atoms with van der Waals surface area (Å²) in [5, 5.41) is 4.19. The zero-order valence-electron chi connectivity index (χ0n) is 12.2. The van der Waals surface area contributed by atoms with E-state index in [-0.39, 0.29) is 5.91 Å². The van der Waals surface area contributed by atoms with Gasteiger partial charge in [-0.05, 0) is 37.6 Å². The Morgan fingerprint density at radius 3 is 2.90 bits per heavy atom. The van der Waals surface area contributed by atoms with Gasteiger partial charge in [0.15, 0.2) is 10.5 Å². The van der Waals surface area contributed by atoms with E-state index in [2.05, 4.69) is 35.2 Å². The minimum atomic E-state index is -0.305. The van der Waals surface area contributed by atoms with Crippen molar-refractivity contribution < 1.29 is 4.79 Å². The molecule has 1 amide bonds. The summed E-state index contributed by atoms with van der Waals surface area (Å²) in [5.74, 6) is -0.305. The molecule has 0 bridgehead atoms. The molecule has 0 N–H and O–H groups in total. The fraction of sp³-hybridized carbons (Fsp3) is 0.267. The van der Waals surface area contributed by atoms with Crippen molar-refractivity contribution in [3.63, 3.8) is 0 Å². The van der Waals surface area contributed by atoms with Crippen LogP contribution in [0, 0.1) is 6.92 Å². The average molecular weight is 300 g/mol. The molecule has 3 aromatic rings. The number of hydrogen-bond acceptors (Lipinski definition) is 3. The smallest absolute Gasteiger partial charge is 0.300 e. The minimum Gasteiger partial charge on any atom is -0.319 e. The molecule has 2 aromatic heterocycles. The average Bonchev–Trinajstić information content (AvgIpc) is 3.05. The molecule has 0 fully saturated rings. The van der Waals surface area contributed by atoms with Gasteiger partial charge in [0.05, 0.1) is 10.2 Å². The number of benzene rings is 1. The Bertz CT molecular complexity index is 885. The van der Waals surface area contributed by atoms with Crippen LogP contribution >= 0.6 is 11.3 Å². The molecule has 0 aliphatic carbocycles. The van der Waals surface area contributed by atoms with Crippen molar-refractivity contribution >= 4 is 27.5 Å². The maximum atomic E-state index is 12.2. The molecule has 1 aromatic carbocycles. The van der Waals surface area contributed by atoms with Crippen molar-refractivity contribution in [1.29, 1.82) is 0 Å². The highest BCUT2D eigenvalue weighted by atomic mass is 32.1. The van der Waals surface area contributed by atoms with E-state index < -0.39 is 0 Å². The summed E-state index contributed by atoms with van der Waals surface area (Å²) in [7, 11) is 1.92. The Morgan fingerprint density at radius 1 is 1.38 bits per heavy atom. The molecule has 0 radical (unpaired) electrons. The molecule has 6 heteroatoms. The number of carbonyl (C=O) groups excluding carboxylic acids is 1. The number of fused-ring (bicyclic) bond motifs is 1. The van der Waals surface area contributed by atoms with Crippen LogP contribution in [0.4, 0.5) is 0 Å². The third kappa shape index (κ3) is 2.54. The van der Waals surface area contributed by atoms with Crippen molar-refractivity contribution in [3.8, 4) is 0 Å². The first kappa shape index (κ1) is 13.8. The van der Waals surface area contributed by atoms with Crippen LogP contribution in [-0.2, 0) is 13.6 Å². The lowest BCUT2D eigenvalue weighted by molar-refractivity contribution is 0.0992. The van der Waals surface area contributed by atoms with Crippen LogP contribution in [0.15, 0.2) is 35.5 Å². The van der Waals surface area contributed by atoms with E-state index in [1.807, 2.05) is 18.5 Å². The van der Waals surface area contributed by atoms with Gasteiger partial charge in [0.1, 0.15) is 0 Å². The molecule has 108 valence electrons. The van der Waals surface area contributed by atoms with E-state index in [0.717, 1.165) is 16.8 Å². The fourth-order valence-electron chi connectivity index (χ4n) is 2.14. The van der Waals surface area contributed by atoms with Crippen molar-refractivity contribution in [1.82, 2.24) is 14.3 Å². The second kappa shape index (κ2) is 5.29. The van der Waals surface area contributed by atoms with Gasteiger partial charge >= 0.3 is 0 Å². The third-order valence-electron chi connectivity index (χ3n) is 3.35. The highest BCUT2D eigenvalue weighted by Crippen LogP contribution is 2.17. The normalized spacial score (nSPS) is 12.2. The largest absolute Gasteiger partial charge is 0.319 e. The van der Waals surface area contributed by atoms with Crippen LogP contribution in [0.25, 0.3) is 10.2 Å². The minimum absolute atomic E-state index is 0.305. The quantitative estimate of drug-likeness (QED) is 0.730. The number of aryl methyl sites for hydroxylation is 3. The summed E-state index contributed by atoms with van der Waals surface area (Å²) < 4.78 is 4.79. The topological polar surface area (TPSA) is 52.2 Å². The van der Waals surface area contributed by atoms with Crippen LogP contribution in [0.5, 0.6) is 0 Å². The van der Waals surface area contributed by atoms with Gasteiger partial charge in [0.2, 0.25) is 0 Å². The number of hydrogen-bond donors (Lipinski definition) is 0. The van der Waals surface area contributed by atoms with E-state index in [9.17, 15) is 4.79 Å². The van der Waals surface area contributed by atoms with Crippen molar-refractivity contribution in [2.45, 2.75) is 20.4 Å². The fourth-order valence-corrected chi connectivity index (χ4v) is 3.26. The molecule has 0 aliphatic heterocycles. The molecule has 0 aliphatic rings. The van der Waals surface area contributed by atoms with E-state index >= 15 is 0 Å². The van der Waals surface area contributed by atoms with Crippen LogP contribution in [0.3, 0.4) is 0 Å². The number of carbonyl (C=O) groups is 1. The first-order valence-corrected chi connectivity index (χ1v) is 7.59. The van der Waals surface area contributed by atoms with Crippen LogP contribution in [-0.4, -0.2) is 20.3 Å². The van der Waals surface area contributed by atoms with Crippen LogP contribution in [0.1, 0.15) is 23.0 Å². The second-order valence-electron chi connectivity index (χ2n) is 4.89. The van der Waals surface area contributed by atoms with E-state index in [1.54, 1.807) is 16.9 Å². The Kier molecular flexibility index (Phi) is 3.47. The summed E-state index contributed by atoms with van der Waals surface area (Å²) in [5.41, 5.74) is 2.66. The van der Waals surface area contributed by atoms with Gasteiger partial charge in [-0.3, -0.25) is 9.48 Å². The van der Waals surface area contributed by atoms with Gasteiger partial charge in [-0.2, -0.15) is 10.1 Å². The first-order chi connectivity index (χ1) is 10.1. The summed E-state index contributed by atoms with van der Waals surface area (Å²) in [6.07, 6.45) is 1.79. The monoisotopic (exact) mass is 300 g/mol. The number of aromatic nitrogens is 3. The van der Waals surface area contributed by atoms with E-state index in [1.165, 1.54) is 16.9 Å². The Morgan fingerprint density at radius 2 is 2.19 bits per heavy atom. The zero-order valence-corrected chi connectivity index (χ0v) is 13.0. The van der Waals surface area contributed by atoms with Gasteiger partial charge in [-0.25, -0.2) is 0 Å². The molecule has 0 atom stereocenters. The predicted molar refractivity (Wildman–Crippen MR) is 83.3 cm³/mol. The predicted octanol–water partition coefficient (Wildman–Crippen LogP) is 2.51. The van der Waals surface area contributed by atoms with Gasteiger partial charge in [0, 0.05) is 19.8 Å². The Labute approximate surface area is 126 Å². The number of amides is 1. The SMILES string of the molecule is CCn1ccc(C(=O)N=c2sc3cc(C)ccc3n2C)n1. The van der Waals surface area contributed by atoms with Gasteiger partial charge in [-0.15, -0.1) is 0 Å². The molecule has 3 rings (SSSR count). The van der Waals surface area contributed by atoms with Crippen molar-refractivity contribution in [2.75, 3.05) is 0 Å².